The number of amides is 1. The van der Waals surface area contributed by atoms with Gasteiger partial charge in [-0.05, 0) is 59.7 Å². The van der Waals surface area contributed by atoms with E-state index in [0.29, 0.717) is 22.6 Å². The predicted molar refractivity (Wildman–Crippen MR) is 127 cm³/mol. The zero-order valence-corrected chi connectivity index (χ0v) is 19.0. The zero-order valence-electron chi connectivity index (χ0n) is 18.1. The third-order valence-electron chi connectivity index (χ3n) is 4.51. The first-order valence-corrected chi connectivity index (χ1v) is 11.8. The molecule has 8 nitrogen and oxygen atoms in total. The summed E-state index contributed by atoms with van der Waals surface area (Å²) in [7, 11) is -3.48. The van der Waals surface area contributed by atoms with Gasteiger partial charge in [0.05, 0.1) is 24.7 Å². The molecule has 0 saturated heterocycles. The first-order valence-electron chi connectivity index (χ1n) is 9.96. The number of rotatable bonds is 8. The topological polar surface area (TPSA) is 105 Å². The summed E-state index contributed by atoms with van der Waals surface area (Å²) in [5.74, 6) is -0.387. The quantitative estimate of drug-likeness (QED) is 0.238. The van der Waals surface area contributed by atoms with Crippen LogP contribution in [0.15, 0.2) is 84.0 Å². The predicted octanol–water partition coefficient (Wildman–Crippen LogP) is 3.34. The Hall–Kier alpha value is -3.98. The molecule has 0 aliphatic heterocycles. The summed E-state index contributed by atoms with van der Waals surface area (Å²) in [5, 5.41) is 3.93. The molecule has 0 bridgehead atoms. The molecule has 0 fully saturated rings. The van der Waals surface area contributed by atoms with Gasteiger partial charge in [-0.25, -0.2) is 13.8 Å². The second kappa shape index (κ2) is 10.6. The summed E-state index contributed by atoms with van der Waals surface area (Å²) in [4.78, 5) is 23.3. The molecule has 33 heavy (non-hydrogen) atoms. The van der Waals surface area contributed by atoms with Crippen LogP contribution in [0, 0.1) is 0 Å². The number of hydrogen-bond acceptors (Lipinski definition) is 6. The largest absolute Gasteiger partial charge is 0.427 e. The van der Waals surface area contributed by atoms with Crippen LogP contribution in [0.5, 0.6) is 5.75 Å². The molecule has 3 aromatic carbocycles. The summed E-state index contributed by atoms with van der Waals surface area (Å²) in [5.41, 5.74) is 4.84. The van der Waals surface area contributed by atoms with Gasteiger partial charge in [0.25, 0.3) is 5.91 Å². The van der Waals surface area contributed by atoms with Crippen molar-refractivity contribution in [3.63, 3.8) is 0 Å². The summed E-state index contributed by atoms with van der Waals surface area (Å²) < 4.78 is 30.7. The van der Waals surface area contributed by atoms with Crippen molar-refractivity contribution in [1.29, 1.82) is 0 Å². The minimum atomic E-state index is -3.48. The van der Waals surface area contributed by atoms with Gasteiger partial charge in [0, 0.05) is 12.5 Å². The maximum absolute atomic E-state index is 12.3. The van der Waals surface area contributed by atoms with Gasteiger partial charge in [-0.15, -0.1) is 0 Å². The first kappa shape index (κ1) is 23.7. The number of carbonyl (C=O) groups is 2. The highest BCUT2D eigenvalue weighted by molar-refractivity contribution is 7.92. The molecule has 3 rings (SSSR count). The van der Waals surface area contributed by atoms with Crippen LogP contribution < -0.4 is 14.5 Å². The van der Waals surface area contributed by atoms with Crippen LogP contribution >= 0.6 is 0 Å². The van der Waals surface area contributed by atoms with Crippen LogP contribution in [0.4, 0.5) is 5.69 Å². The number of ether oxygens (including phenoxy) is 1. The van der Waals surface area contributed by atoms with Crippen molar-refractivity contribution in [2.24, 2.45) is 5.10 Å². The molecular formula is C24H23N3O5S. The Kier molecular flexibility index (Phi) is 7.57. The SMILES string of the molecule is CC(=O)Oc1ccc(/C=N\NC(=O)c2ccc(CN(c3ccccc3)S(C)(=O)=O)cc2)cc1. The fourth-order valence-electron chi connectivity index (χ4n) is 2.94. The van der Waals surface area contributed by atoms with Crippen molar-refractivity contribution in [1.82, 2.24) is 5.43 Å². The number of esters is 1. The molecular weight excluding hydrogens is 442 g/mol. The van der Waals surface area contributed by atoms with Gasteiger partial charge < -0.3 is 4.74 Å². The number of sulfonamides is 1. The van der Waals surface area contributed by atoms with E-state index < -0.39 is 21.9 Å². The van der Waals surface area contributed by atoms with E-state index in [1.54, 1.807) is 72.8 Å². The van der Waals surface area contributed by atoms with Crippen LogP contribution in [0.3, 0.4) is 0 Å². The molecule has 9 heteroatoms. The van der Waals surface area contributed by atoms with Crippen LogP contribution in [0.2, 0.25) is 0 Å². The van der Waals surface area contributed by atoms with E-state index in [4.69, 9.17) is 4.74 Å². The highest BCUT2D eigenvalue weighted by Gasteiger charge is 2.17. The fraction of sp³-hybridized carbons (Fsp3) is 0.125. The van der Waals surface area contributed by atoms with Gasteiger partial charge in [0.15, 0.2) is 0 Å². The summed E-state index contributed by atoms with van der Waals surface area (Å²) >= 11 is 0. The maximum atomic E-state index is 12.3. The van der Waals surface area contributed by atoms with Gasteiger partial charge in [-0.3, -0.25) is 13.9 Å². The van der Waals surface area contributed by atoms with Gasteiger partial charge >= 0.3 is 5.97 Å². The Morgan fingerprint density at radius 3 is 2.18 bits per heavy atom. The lowest BCUT2D eigenvalue weighted by molar-refractivity contribution is -0.131. The van der Waals surface area contributed by atoms with E-state index in [0.717, 1.165) is 11.8 Å². The minimum absolute atomic E-state index is 0.145. The zero-order chi connectivity index (χ0) is 23.8. The number of nitrogens with zero attached hydrogens (tertiary/aromatic N) is 2. The third kappa shape index (κ3) is 7.01. The third-order valence-corrected chi connectivity index (χ3v) is 5.65. The molecule has 0 aliphatic rings. The first-order chi connectivity index (χ1) is 15.7. The van der Waals surface area contributed by atoms with Gasteiger partial charge in [-0.1, -0.05) is 30.3 Å². The van der Waals surface area contributed by atoms with Crippen LogP contribution in [-0.4, -0.2) is 32.8 Å². The number of nitrogens with one attached hydrogen (secondary N) is 1. The number of hydrogen-bond donors (Lipinski definition) is 1. The standard InChI is InChI=1S/C24H23N3O5S/c1-18(28)32-23-14-10-19(11-15-23)16-25-26-24(29)21-12-8-20(9-13-21)17-27(33(2,30)31)22-6-4-3-5-7-22/h3-16H,17H2,1-2H3,(H,26,29)/b25-16-. The Labute approximate surface area is 192 Å². The van der Waals surface area contributed by atoms with Gasteiger partial charge in [-0.2, -0.15) is 5.10 Å². The molecule has 1 N–H and O–H groups in total. The van der Waals surface area contributed by atoms with Crippen molar-refractivity contribution in [2.45, 2.75) is 13.5 Å². The molecule has 3 aromatic rings. The van der Waals surface area contributed by atoms with Crippen molar-refractivity contribution in [3.05, 3.63) is 95.6 Å². The van der Waals surface area contributed by atoms with E-state index in [1.807, 2.05) is 6.07 Å². The van der Waals surface area contributed by atoms with E-state index in [1.165, 1.54) is 17.4 Å². The lowest BCUT2D eigenvalue weighted by Gasteiger charge is -2.22. The second-order valence-corrected chi connectivity index (χ2v) is 9.07. The highest BCUT2D eigenvalue weighted by atomic mass is 32.2. The Balaban J connectivity index is 1.61. The lowest BCUT2D eigenvalue weighted by atomic mass is 10.1. The van der Waals surface area contributed by atoms with E-state index in [-0.39, 0.29) is 6.54 Å². The number of para-hydroxylation sites is 1. The molecule has 0 radical (unpaired) electrons. The van der Waals surface area contributed by atoms with Crippen LogP contribution in [-0.2, 0) is 21.4 Å². The summed E-state index contributed by atoms with van der Waals surface area (Å²) in [6, 6.07) is 22.1. The van der Waals surface area contributed by atoms with E-state index in [2.05, 4.69) is 10.5 Å². The minimum Gasteiger partial charge on any atom is -0.427 e. The maximum Gasteiger partial charge on any atom is 0.308 e. The molecule has 0 atom stereocenters. The van der Waals surface area contributed by atoms with Crippen molar-refractivity contribution in [3.8, 4) is 5.75 Å². The molecule has 0 unspecified atom stereocenters. The number of hydrazone groups is 1. The molecule has 0 aliphatic carbocycles. The van der Waals surface area contributed by atoms with Gasteiger partial charge in [0.2, 0.25) is 10.0 Å². The molecule has 170 valence electrons. The van der Waals surface area contributed by atoms with Crippen molar-refractivity contribution < 1.29 is 22.7 Å². The molecule has 0 spiro atoms. The fourth-order valence-corrected chi connectivity index (χ4v) is 3.83. The van der Waals surface area contributed by atoms with E-state index in [9.17, 15) is 18.0 Å². The van der Waals surface area contributed by atoms with Crippen LogP contribution in [0.1, 0.15) is 28.4 Å². The summed E-state index contributed by atoms with van der Waals surface area (Å²) in [6.07, 6.45) is 2.62. The second-order valence-electron chi connectivity index (χ2n) is 7.16. The average Bonchev–Trinajstić information content (AvgIpc) is 2.78. The highest BCUT2D eigenvalue weighted by Crippen LogP contribution is 2.20. The number of anilines is 1. The number of benzene rings is 3. The Bertz CT molecular complexity index is 1240. The lowest BCUT2D eigenvalue weighted by Crippen LogP contribution is -2.29. The van der Waals surface area contributed by atoms with Gasteiger partial charge in [0.1, 0.15) is 5.75 Å². The molecule has 0 heterocycles. The van der Waals surface area contributed by atoms with Crippen molar-refractivity contribution >= 4 is 33.8 Å². The Morgan fingerprint density at radius 2 is 1.61 bits per heavy atom. The monoisotopic (exact) mass is 465 g/mol. The molecule has 0 aromatic heterocycles. The smallest absolute Gasteiger partial charge is 0.308 e. The molecule has 0 saturated carbocycles. The van der Waals surface area contributed by atoms with E-state index >= 15 is 0 Å². The normalized spacial score (nSPS) is 11.2. The summed E-state index contributed by atoms with van der Waals surface area (Å²) in [6.45, 7) is 1.47. The average molecular weight is 466 g/mol. The van der Waals surface area contributed by atoms with Crippen LogP contribution in [0.25, 0.3) is 0 Å². The number of carbonyl (C=O) groups excluding carboxylic acids is 2. The Morgan fingerprint density at radius 1 is 0.970 bits per heavy atom. The van der Waals surface area contributed by atoms with Crippen molar-refractivity contribution in [2.75, 3.05) is 10.6 Å². The molecule has 1 amide bonds.